The number of benzene rings is 1. The van der Waals surface area contributed by atoms with E-state index in [1.807, 2.05) is 18.2 Å². The van der Waals surface area contributed by atoms with Gasteiger partial charge in [-0.2, -0.15) is 0 Å². The summed E-state index contributed by atoms with van der Waals surface area (Å²) in [6, 6.07) is 8.88. The highest BCUT2D eigenvalue weighted by atomic mass is 16.4. The average Bonchev–Trinajstić information content (AvgIpc) is 2.54. The molecule has 1 aromatic carbocycles. The number of rotatable bonds is 4. The molecule has 0 aromatic heterocycles. The number of carboxylic acid groups (broad SMARTS) is 1. The highest BCUT2D eigenvalue weighted by Gasteiger charge is 2.30. The van der Waals surface area contributed by atoms with Gasteiger partial charge in [0.05, 0.1) is 5.92 Å². The van der Waals surface area contributed by atoms with E-state index >= 15 is 0 Å². The number of amides is 3. The normalized spacial score (nSPS) is 17.4. The number of anilines is 1. The van der Waals surface area contributed by atoms with E-state index in [0.29, 0.717) is 25.2 Å². The van der Waals surface area contributed by atoms with Crippen LogP contribution in [-0.4, -0.2) is 59.5 Å². The summed E-state index contributed by atoms with van der Waals surface area (Å²) in [6.45, 7) is 0.568. The van der Waals surface area contributed by atoms with Crippen LogP contribution in [0.2, 0.25) is 0 Å². The van der Waals surface area contributed by atoms with Crippen molar-refractivity contribution in [1.29, 1.82) is 0 Å². The first-order valence-electron chi connectivity index (χ1n) is 7.55. The maximum Gasteiger partial charge on any atom is 0.323 e. The van der Waals surface area contributed by atoms with Crippen molar-refractivity contribution in [2.45, 2.75) is 12.8 Å². The Bertz CT molecular complexity index is 576. The van der Waals surface area contributed by atoms with Gasteiger partial charge in [0.15, 0.2) is 0 Å². The molecule has 7 heteroatoms. The Morgan fingerprint density at radius 1 is 1.30 bits per heavy atom. The molecule has 0 radical (unpaired) electrons. The predicted molar refractivity (Wildman–Crippen MR) is 85.0 cm³/mol. The van der Waals surface area contributed by atoms with E-state index < -0.39 is 5.97 Å². The number of nitrogens with zero attached hydrogens (tertiary/aromatic N) is 2. The van der Waals surface area contributed by atoms with Crippen LogP contribution in [0.25, 0.3) is 0 Å². The zero-order valence-corrected chi connectivity index (χ0v) is 13.1. The van der Waals surface area contributed by atoms with E-state index in [0.717, 1.165) is 6.42 Å². The minimum Gasteiger partial charge on any atom is -0.480 e. The van der Waals surface area contributed by atoms with Crippen molar-refractivity contribution in [2.75, 3.05) is 32.0 Å². The zero-order chi connectivity index (χ0) is 16.8. The number of carboxylic acids is 1. The molecule has 1 aromatic rings. The number of hydrogen-bond acceptors (Lipinski definition) is 3. The van der Waals surface area contributed by atoms with Gasteiger partial charge in [-0.1, -0.05) is 18.2 Å². The number of likely N-dealkylation sites (N-methyl/N-ethyl adjacent to an activating group) is 1. The van der Waals surface area contributed by atoms with Crippen LogP contribution >= 0.6 is 0 Å². The van der Waals surface area contributed by atoms with Gasteiger partial charge in [-0.25, -0.2) is 4.79 Å². The van der Waals surface area contributed by atoms with Gasteiger partial charge in [0.2, 0.25) is 5.91 Å². The molecule has 1 fully saturated rings. The lowest BCUT2D eigenvalue weighted by Crippen LogP contribution is -2.47. The Labute approximate surface area is 134 Å². The molecule has 0 saturated carbocycles. The molecule has 1 heterocycles. The van der Waals surface area contributed by atoms with E-state index in [1.54, 1.807) is 17.0 Å². The van der Waals surface area contributed by atoms with Gasteiger partial charge in [0.25, 0.3) is 0 Å². The van der Waals surface area contributed by atoms with Crippen LogP contribution in [0.1, 0.15) is 12.8 Å². The third kappa shape index (κ3) is 4.70. The zero-order valence-electron chi connectivity index (χ0n) is 13.1. The topological polar surface area (TPSA) is 90.0 Å². The van der Waals surface area contributed by atoms with E-state index in [9.17, 15) is 14.4 Å². The molecule has 1 aliphatic heterocycles. The van der Waals surface area contributed by atoms with Crippen molar-refractivity contribution < 1.29 is 19.5 Å². The lowest BCUT2D eigenvalue weighted by Gasteiger charge is -2.33. The van der Waals surface area contributed by atoms with E-state index in [4.69, 9.17) is 5.11 Å². The molecule has 0 bridgehead atoms. The number of nitrogens with one attached hydrogen (secondary N) is 1. The first kappa shape index (κ1) is 16.8. The molecule has 7 nitrogen and oxygen atoms in total. The summed E-state index contributed by atoms with van der Waals surface area (Å²) in [4.78, 5) is 38.1. The second-order valence-electron chi connectivity index (χ2n) is 5.67. The summed E-state index contributed by atoms with van der Waals surface area (Å²) < 4.78 is 0. The minimum absolute atomic E-state index is 0.232. The van der Waals surface area contributed by atoms with Crippen LogP contribution < -0.4 is 5.32 Å². The van der Waals surface area contributed by atoms with Crippen molar-refractivity contribution in [3.05, 3.63) is 30.3 Å². The average molecular weight is 319 g/mol. The van der Waals surface area contributed by atoms with Gasteiger partial charge >= 0.3 is 12.0 Å². The lowest BCUT2D eigenvalue weighted by atomic mass is 9.97. The number of aliphatic carboxylic acids is 1. The number of likely N-dealkylation sites (tertiary alicyclic amines) is 1. The largest absolute Gasteiger partial charge is 0.480 e. The lowest BCUT2D eigenvalue weighted by molar-refractivity contribution is -0.145. The fourth-order valence-corrected chi connectivity index (χ4v) is 2.68. The van der Waals surface area contributed by atoms with E-state index in [1.165, 1.54) is 11.9 Å². The second-order valence-corrected chi connectivity index (χ2v) is 5.67. The summed E-state index contributed by atoms with van der Waals surface area (Å²) >= 11 is 0. The molecule has 124 valence electrons. The molecule has 23 heavy (non-hydrogen) atoms. The number of urea groups is 1. The molecule has 1 aliphatic rings. The summed E-state index contributed by atoms with van der Waals surface area (Å²) in [7, 11) is 1.47. The van der Waals surface area contributed by atoms with Crippen LogP contribution in [0.5, 0.6) is 0 Å². The molecule has 1 saturated heterocycles. The number of hydrogen-bond donors (Lipinski definition) is 2. The Morgan fingerprint density at radius 3 is 2.65 bits per heavy atom. The van der Waals surface area contributed by atoms with Gasteiger partial charge in [-0.05, 0) is 25.0 Å². The molecule has 0 spiro atoms. The highest BCUT2D eigenvalue weighted by molar-refractivity contribution is 5.90. The van der Waals surface area contributed by atoms with Crippen molar-refractivity contribution in [1.82, 2.24) is 9.80 Å². The fourth-order valence-electron chi connectivity index (χ4n) is 2.68. The summed E-state index contributed by atoms with van der Waals surface area (Å²) in [6.07, 6.45) is 1.39. The third-order valence-corrected chi connectivity index (χ3v) is 3.83. The molecule has 1 atom stereocenters. The number of piperidine rings is 1. The Hall–Kier alpha value is -2.57. The number of carbonyl (C=O) groups excluding carboxylic acids is 2. The second kappa shape index (κ2) is 7.62. The van der Waals surface area contributed by atoms with Crippen LogP contribution in [0.15, 0.2) is 30.3 Å². The highest BCUT2D eigenvalue weighted by Crippen LogP contribution is 2.19. The quantitative estimate of drug-likeness (QED) is 0.879. The van der Waals surface area contributed by atoms with Gasteiger partial charge in [-0.15, -0.1) is 0 Å². The maximum atomic E-state index is 12.3. The summed E-state index contributed by atoms with van der Waals surface area (Å²) in [5.74, 6) is -1.63. The molecule has 2 rings (SSSR count). The van der Waals surface area contributed by atoms with E-state index in [2.05, 4.69) is 5.32 Å². The van der Waals surface area contributed by atoms with Crippen LogP contribution in [-0.2, 0) is 9.59 Å². The van der Waals surface area contributed by atoms with Crippen LogP contribution in [0, 0.1) is 5.92 Å². The van der Waals surface area contributed by atoms with E-state index in [-0.39, 0.29) is 24.4 Å². The maximum absolute atomic E-state index is 12.3. The van der Waals surface area contributed by atoms with Gasteiger partial charge in [0.1, 0.15) is 6.54 Å². The first-order valence-corrected chi connectivity index (χ1v) is 7.55. The predicted octanol–water partition coefficient (Wildman–Crippen LogP) is 1.47. The number of carbonyl (C=O) groups is 3. The van der Waals surface area contributed by atoms with Crippen molar-refractivity contribution in [3.8, 4) is 0 Å². The molecule has 0 aliphatic carbocycles. The Balaban J connectivity index is 1.93. The minimum atomic E-state index is -1.05. The van der Waals surface area contributed by atoms with Crippen molar-refractivity contribution in [3.63, 3.8) is 0 Å². The first-order chi connectivity index (χ1) is 11.0. The Morgan fingerprint density at radius 2 is 2.00 bits per heavy atom. The molecule has 2 N–H and O–H groups in total. The van der Waals surface area contributed by atoms with Gasteiger partial charge < -0.3 is 20.2 Å². The van der Waals surface area contributed by atoms with Crippen molar-refractivity contribution in [2.24, 2.45) is 5.92 Å². The van der Waals surface area contributed by atoms with Gasteiger partial charge in [-0.3, -0.25) is 9.59 Å². The standard InChI is InChI=1S/C16H21N3O4/c1-18(11-14(20)21)15(22)12-6-5-9-19(10-12)16(23)17-13-7-3-2-4-8-13/h2-4,7-8,12H,5-6,9-11H2,1H3,(H,17,23)(H,20,21). The molecular formula is C16H21N3O4. The van der Waals surface area contributed by atoms with Crippen LogP contribution in [0.4, 0.5) is 10.5 Å². The smallest absolute Gasteiger partial charge is 0.323 e. The SMILES string of the molecule is CN(CC(=O)O)C(=O)C1CCCN(C(=O)Nc2ccccc2)C1. The van der Waals surface area contributed by atoms with Crippen LogP contribution in [0.3, 0.4) is 0 Å². The molecule has 1 unspecified atom stereocenters. The summed E-state index contributed by atoms with van der Waals surface area (Å²) in [5, 5.41) is 11.6. The monoisotopic (exact) mass is 319 g/mol. The van der Waals surface area contributed by atoms with Crippen molar-refractivity contribution >= 4 is 23.6 Å². The molecule has 3 amide bonds. The fraction of sp³-hybridized carbons (Fsp3) is 0.438. The number of para-hydroxylation sites is 1. The summed E-state index contributed by atoms with van der Waals surface area (Å²) in [5.41, 5.74) is 0.703. The molecular weight excluding hydrogens is 298 g/mol. The Kier molecular flexibility index (Phi) is 5.56. The third-order valence-electron chi connectivity index (χ3n) is 3.83. The van der Waals surface area contributed by atoms with Gasteiger partial charge in [0, 0.05) is 25.8 Å².